The minimum Gasteiger partial charge on any atom is -0.478 e. The summed E-state index contributed by atoms with van der Waals surface area (Å²) >= 11 is 1.04. The highest BCUT2D eigenvalue weighted by molar-refractivity contribution is 6.99. The Bertz CT molecular complexity index is 641. The van der Waals surface area contributed by atoms with E-state index in [1.165, 1.54) is 6.20 Å². The zero-order valence-corrected chi connectivity index (χ0v) is 13.8. The van der Waals surface area contributed by atoms with Crippen LogP contribution in [0.1, 0.15) is 30.3 Å². The Balaban J connectivity index is 1.54. The number of hydrogen-bond acceptors (Lipinski definition) is 7. The number of hydrogen-bond donors (Lipinski definition) is 1. The highest BCUT2D eigenvalue weighted by Gasteiger charge is 2.22. The lowest BCUT2D eigenvalue weighted by atomic mass is 10.0. The minimum atomic E-state index is -0.145. The standard InChI is InChI=1S/C15H19N5O2S/c1-2-22-14-5-3-4-13(18-14)20-8-6-11(7-9-20)17-15(21)12-10-16-23-19-12/h3-5,10-11H,2,6-9H2,1H3,(H,17,21). The molecule has 23 heavy (non-hydrogen) atoms. The number of anilines is 1. The van der Waals surface area contributed by atoms with Gasteiger partial charge in [-0.3, -0.25) is 4.79 Å². The summed E-state index contributed by atoms with van der Waals surface area (Å²) in [6.45, 7) is 4.25. The van der Waals surface area contributed by atoms with Crippen molar-refractivity contribution in [2.75, 3.05) is 24.6 Å². The molecule has 1 amide bonds. The molecule has 0 radical (unpaired) electrons. The fraction of sp³-hybridized carbons (Fsp3) is 0.467. The van der Waals surface area contributed by atoms with Gasteiger partial charge in [0.05, 0.1) is 24.5 Å². The maximum atomic E-state index is 12.0. The van der Waals surface area contributed by atoms with Gasteiger partial charge < -0.3 is 15.0 Å². The van der Waals surface area contributed by atoms with E-state index in [1.54, 1.807) is 0 Å². The number of amides is 1. The number of aromatic nitrogens is 3. The average Bonchev–Trinajstić information content (AvgIpc) is 3.11. The Morgan fingerprint density at radius 3 is 2.96 bits per heavy atom. The summed E-state index contributed by atoms with van der Waals surface area (Å²) in [4.78, 5) is 18.7. The molecular formula is C15H19N5O2S. The first-order valence-corrected chi connectivity index (χ1v) is 8.42. The highest BCUT2D eigenvalue weighted by atomic mass is 32.1. The number of nitrogens with zero attached hydrogens (tertiary/aromatic N) is 4. The summed E-state index contributed by atoms with van der Waals surface area (Å²) in [5.74, 6) is 1.43. The number of piperidine rings is 1. The van der Waals surface area contributed by atoms with E-state index in [-0.39, 0.29) is 11.9 Å². The van der Waals surface area contributed by atoms with Gasteiger partial charge in [0.2, 0.25) is 5.88 Å². The molecule has 122 valence electrons. The quantitative estimate of drug-likeness (QED) is 0.897. The fourth-order valence-corrected chi connectivity index (χ4v) is 3.00. The Hall–Kier alpha value is -2.22. The van der Waals surface area contributed by atoms with Gasteiger partial charge in [0, 0.05) is 25.2 Å². The van der Waals surface area contributed by atoms with Crippen LogP contribution in [-0.2, 0) is 0 Å². The van der Waals surface area contributed by atoms with E-state index >= 15 is 0 Å². The van der Waals surface area contributed by atoms with Gasteiger partial charge in [0.25, 0.3) is 5.91 Å². The van der Waals surface area contributed by atoms with Crippen molar-refractivity contribution in [3.05, 3.63) is 30.1 Å². The minimum absolute atomic E-state index is 0.145. The van der Waals surface area contributed by atoms with Crippen LogP contribution in [0.15, 0.2) is 24.4 Å². The van der Waals surface area contributed by atoms with Crippen molar-refractivity contribution in [3.63, 3.8) is 0 Å². The molecule has 0 unspecified atom stereocenters. The predicted octanol–water partition coefficient (Wildman–Crippen LogP) is 1.73. The van der Waals surface area contributed by atoms with Crippen LogP contribution in [0.25, 0.3) is 0 Å². The van der Waals surface area contributed by atoms with E-state index in [9.17, 15) is 4.79 Å². The number of pyridine rings is 1. The maximum absolute atomic E-state index is 12.0. The molecule has 1 fully saturated rings. The maximum Gasteiger partial charge on any atom is 0.272 e. The second-order valence-electron chi connectivity index (χ2n) is 5.29. The molecule has 8 heteroatoms. The zero-order valence-electron chi connectivity index (χ0n) is 12.9. The van der Waals surface area contributed by atoms with Crippen LogP contribution < -0.4 is 15.0 Å². The first kappa shape index (κ1) is 15.7. The Morgan fingerprint density at radius 1 is 1.43 bits per heavy atom. The van der Waals surface area contributed by atoms with Crippen LogP contribution in [0, 0.1) is 0 Å². The van der Waals surface area contributed by atoms with Gasteiger partial charge in [-0.2, -0.15) is 13.7 Å². The molecule has 2 aromatic heterocycles. The summed E-state index contributed by atoms with van der Waals surface area (Å²) in [6.07, 6.45) is 3.26. The SMILES string of the molecule is CCOc1cccc(N2CCC(NC(=O)c3cnsn3)CC2)n1. The molecule has 1 aliphatic rings. The predicted molar refractivity (Wildman–Crippen MR) is 88.0 cm³/mol. The summed E-state index contributed by atoms with van der Waals surface area (Å²) < 4.78 is 13.3. The molecule has 0 aliphatic carbocycles. The van der Waals surface area contributed by atoms with E-state index < -0.39 is 0 Å². The van der Waals surface area contributed by atoms with Crippen LogP contribution in [-0.4, -0.2) is 45.4 Å². The molecule has 3 heterocycles. The molecule has 0 atom stereocenters. The van der Waals surface area contributed by atoms with Crippen molar-refractivity contribution in [1.82, 2.24) is 19.0 Å². The van der Waals surface area contributed by atoms with E-state index in [0.717, 1.165) is 43.5 Å². The van der Waals surface area contributed by atoms with E-state index in [4.69, 9.17) is 4.74 Å². The highest BCUT2D eigenvalue weighted by Crippen LogP contribution is 2.20. The molecule has 0 bridgehead atoms. The van der Waals surface area contributed by atoms with Gasteiger partial charge >= 0.3 is 0 Å². The summed E-state index contributed by atoms with van der Waals surface area (Å²) in [5.41, 5.74) is 0.392. The van der Waals surface area contributed by atoms with Gasteiger partial charge in [-0.05, 0) is 25.8 Å². The number of rotatable bonds is 5. The number of ether oxygens (including phenoxy) is 1. The first-order chi connectivity index (χ1) is 11.3. The summed E-state index contributed by atoms with van der Waals surface area (Å²) in [6, 6.07) is 5.97. The first-order valence-electron chi connectivity index (χ1n) is 7.69. The molecule has 2 aromatic rings. The second kappa shape index (κ2) is 7.36. The Labute approximate surface area is 139 Å². The van der Waals surface area contributed by atoms with Gasteiger partial charge in [0.1, 0.15) is 5.82 Å². The van der Waals surface area contributed by atoms with Crippen molar-refractivity contribution in [2.24, 2.45) is 0 Å². The van der Waals surface area contributed by atoms with E-state index in [0.29, 0.717) is 18.2 Å². The number of nitrogens with one attached hydrogen (secondary N) is 1. The van der Waals surface area contributed by atoms with Crippen molar-refractivity contribution in [2.45, 2.75) is 25.8 Å². The monoisotopic (exact) mass is 333 g/mol. The van der Waals surface area contributed by atoms with Crippen molar-refractivity contribution in [1.29, 1.82) is 0 Å². The third kappa shape index (κ3) is 3.95. The zero-order chi connectivity index (χ0) is 16.1. The van der Waals surface area contributed by atoms with Crippen LogP contribution in [0.4, 0.5) is 5.82 Å². The van der Waals surface area contributed by atoms with Gasteiger partial charge in [-0.1, -0.05) is 6.07 Å². The molecule has 0 aromatic carbocycles. The molecule has 7 nitrogen and oxygen atoms in total. The van der Waals surface area contributed by atoms with Crippen molar-refractivity contribution >= 4 is 23.5 Å². The number of carbonyl (C=O) groups is 1. The van der Waals surface area contributed by atoms with E-state index in [2.05, 4.69) is 23.9 Å². The van der Waals surface area contributed by atoms with Crippen LogP contribution >= 0.6 is 11.7 Å². The lowest BCUT2D eigenvalue weighted by molar-refractivity contribution is 0.0927. The topological polar surface area (TPSA) is 80.2 Å². The molecule has 0 spiro atoms. The Morgan fingerprint density at radius 2 is 2.26 bits per heavy atom. The van der Waals surface area contributed by atoms with Crippen molar-refractivity contribution in [3.8, 4) is 5.88 Å². The molecule has 1 aliphatic heterocycles. The average molecular weight is 333 g/mol. The van der Waals surface area contributed by atoms with Crippen molar-refractivity contribution < 1.29 is 9.53 Å². The van der Waals surface area contributed by atoms with Crippen LogP contribution in [0.2, 0.25) is 0 Å². The normalized spacial score (nSPS) is 15.4. The summed E-state index contributed by atoms with van der Waals surface area (Å²) in [5, 5.41) is 3.02. The summed E-state index contributed by atoms with van der Waals surface area (Å²) in [7, 11) is 0. The second-order valence-corrected chi connectivity index (χ2v) is 5.85. The molecular weight excluding hydrogens is 314 g/mol. The lowest BCUT2D eigenvalue weighted by Gasteiger charge is -2.33. The smallest absolute Gasteiger partial charge is 0.272 e. The van der Waals surface area contributed by atoms with Gasteiger partial charge in [-0.25, -0.2) is 0 Å². The Kier molecular flexibility index (Phi) is 5.02. The molecule has 3 rings (SSSR count). The lowest BCUT2D eigenvalue weighted by Crippen LogP contribution is -2.45. The van der Waals surface area contributed by atoms with Crippen LogP contribution in [0.3, 0.4) is 0 Å². The van der Waals surface area contributed by atoms with E-state index in [1.807, 2.05) is 25.1 Å². The molecule has 1 saturated heterocycles. The largest absolute Gasteiger partial charge is 0.478 e. The third-order valence-electron chi connectivity index (χ3n) is 3.75. The molecule has 0 saturated carbocycles. The molecule has 1 N–H and O–H groups in total. The van der Waals surface area contributed by atoms with Gasteiger partial charge in [-0.15, -0.1) is 0 Å². The fourth-order valence-electron chi connectivity index (χ4n) is 2.59. The van der Waals surface area contributed by atoms with Gasteiger partial charge in [0.15, 0.2) is 5.69 Å². The number of carbonyl (C=O) groups excluding carboxylic acids is 1. The third-order valence-corrected chi connectivity index (χ3v) is 4.23. The van der Waals surface area contributed by atoms with Crippen LogP contribution in [0.5, 0.6) is 5.88 Å².